The molecule has 1 aromatic carbocycles. The molecule has 0 aliphatic rings. The average Bonchev–Trinajstić information content (AvgIpc) is 2.73. The van der Waals surface area contributed by atoms with E-state index < -0.39 is 17.3 Å². The van der Waals surface area contributed by atoms with Gasteiger partial charge in [-0.05, 0) is 65.3 Å². The Kier molecular flexibility index (Phi) is 5.33. The van der Waals surface area contributed by atoms with Gasteiger partial charge in [0, 0.05) is 16.1 Å². The number of halogens is 1. The number of carbonyl (C=O) groups is 2. The smallest absolute Gasteiger partial charge is 0.419 e. The van der Waals surface area contributed by atoms with Crippen LogP contribution in [-0.2, 0) is 20.7 Å². The van der Waals surface area contributed by atoms with E-state index in [0.29, 0.717) is 5.52 Å². The van der Waals surface area contributed by atoms with Gasteiger partial charge in [-0.25, -0.2) is 4.79 Å². The quantitative estimate of drug-likeness (QED) is 0.649. The standard InChI is InChI=1S/C19H24BrNO4/c1-18(2,3)24-16(22)9-12-11-21(17(23)25-19(4,5)6)15-8-7-13(20)10-14(12)15/h7-8,10-11H,9H2,1-6H3. The van der Waals surface area contributed by atoms with Crippen molar-refractivity contribution in [2.24, 2.45) is 0 Å². The Balaban J connectivity index is 2.42. The van der Waals surface area contributed by atoms with Gasteiger partial charge in [-0.2, -0.15) is 0 Å². The molecule has 2 rings (SSSR count). The molecule has 0 aliphatic carbocycles. The highest BCUT2D eigenvalue weighted by Crippen LogP contribution is 2.27. The summed E-state index contributed by atoms with van der Waals surface area (Å²) in [6.07, 6.45) is 1.25. The molecule has 1 aromatic heterocycles. The minimum absolute atomic E-state index is 0.0834. The first kappa shape index (κ1) is 19.5. The van der Waals surface area contributed by atoms with Crippen molar-refractivity contribution >= 4 is 38.9 Å². The van der Waals surface area contributed by atoms with Crippen LogP contribution in [0.1, 0.15) is 47.1 Å². The van der Waals surface area contributed by atoms with Gasteiger partial charge in [0.15, 0.2) is 0 Å². The number of hydrogen-bond donors (Lipinski definition) is 0. The second-order valence-corrected chi connectivity index (χ2v) is 8.85. The van der Waals surface area contributed by atoms with Crippen LogP contribution >= 0.6 is 15.9 Å². The lowest BCUT2D eigenvalue weighted by molar-refractivity contribution is -0.153. The molecule has 1 heterocycles. The summed E-state index contributed by atoms with van der Waals surface area (Å²) in [6, 6.07) is 5.55. The first-order valence-corrected chi connectivity index (χ1v) is 8.90. The number of benzene rings is 1. The summed E-state index contributed by atoms with van der Waals surface area (Å²) in [6.45, 7) is 10.9. The Morgan fingerprint density at radius 2 is 1.64 bits per heavy atom. The monoisotopic (exact) mass is 409 g/mol. The Morgan fingerprint density at radius 1 is 1.04 bits per heavy atom. The molecule has 2 aromatic rings. The fourth-order valence-electron chi connectivity index (χ4n) is 2.41. The molecule has 0 N–H and O–H groups in total. The first-order chi connectivity index (χ1) is 11.4. The van der Waals surface area contributed by atoms with Gasteiger partial charge in [0.2, 0.25) is 0 Å². The van der Waals surface area contributed by atoms with E-state index in [9.17, 15) is 9.59 Å². The molecule has 0 unspecified atom stereocenters. The van der Waals surface area contributed by atoms with E-state index in [1.165, 1.54) is 4.57 Å². The number of aromatic nitrogens is 1. The van der Waals surface area contributed by atoms with E-state index >= 15 is 0 Å². The molecule has 136 valence electrons. The van der Waals surface area contributed by atoms with Crippen molar-refractivity contribution < 1.29 is 19.1 Å². The van der Waals surface area contributed by atoms with Crippen LogP contribution in [0.15, 0.2) is 28.9 Å². The van der Waals surface area contributed by atoms with Crippen molar-refractivity contribution in [1.82, 2.24) is 4.57 Å². The van der Waals surface area contributed by atoms with Gasteiger partial charge < -0.3 is 9.47 Å². The Bertz CT molecular complexity index is 809. The van der Waals surface area contributed by atoms with Crippen LogP contribution in [0.4, 0.5) is 4.79 Å². The maximum Gasteiger partial charge on any atom is 0.419 e. The number of ether oxygens (including phenoxy) is 2. The molecule has 0 saturated heterocycles. The van der Waals surface area contributed by atoms with Gasteiger partial charge in [-0.15, -0.1) is 0 Å². The summed E-state index contributed by atoms with van der Waals surface area (Å²) >= 11 is 3.44. The molecule has 0 aliphatic heterocycles. The van der Waals surface area contributed by atoms with E-state index in [2.05, 4.69) is 15.9 Å². The summed E-state index contributed by atoms with van der Waals surface area (Å²) in [5.41, 5.74) is 0.252. The fourth-order valence-corrected chi connectivity index (χ4v) is 2.77. The molecular formula is C19H24BrNO4. The Labute approximate surface area is 156 Å². The Hall–Kier alpha value is -1.82. The van der Waals surface area contributed by atoms with E-state index in [4.69, 9.17) is 9.47 Å². The van der Waals surface area contributed by atoms with Gasteiger partial charge in [0.1, 0.15) is 11.2 Å². The lowest BCUT2D eigenvalue weighted by atomic mass is 10.1. The number of hydrogen-bond acceptors (Lipinski definition) is 4. The van der Waals surface area contributed by atoms with E-state index in [1.807, 2.05) is 59.7 Å². The third kappa shape index (κ3) is 5.33. The number of esters is 1. The third-order valence-corrected chi connectivity index (χ3v) is 3.69. The van der Waals surface area contributed by atoms with Gasteiger partial charge in [0.05, 0.1) is 11.9 Å². The second-order valence-electron chi connectivity index (χ2n) is 7.93. The predicted molar refractivity (Wildman–Crippen MR) is 101 cm³/mol. The lowest BCUT2D eigenvalue weighted by Gasteiger charge is -2.20. The van der Waals surface area contributed by atoms with Crippen LogP contribution in [0, 0.1) is 0 Å². The topological polar surface area (TPSA) is 57.5 Å². The highest BCUT2D eigenvalue weighted by molar-refractivity contribution is 9.10. The van der Waals surface area contributed by atoms with Crippen molar-refractivity contribution in [1.29, 1.82) is 0 Å². The van der Waals surface area contributed by atoms with Crippen molar-refractivity contribution in [2.75, 3.05) is 0 Å². The largest absolute Gasteiger partial charge is 0.460 e. The number of nitrogens with zero attached hydrogens (tertiary/aromatic N) is 1. The number of rotatable bonds is 2. The second kappa shape index (κ2) is 6.83. The number of carbonyl (C=O) groups excluding carboxylic acids is 2. The summed E-state index contributed by atoms with van der Waals surface area (Å²) in [5, 5.41) is 0.811. The molecule has 0 atom stereocenters. The van der Waals surface area contributed by atoms with Crippen LogP contribution in [0.25, 0.3) is 10.9 Å². The van der Waals surface area contributed by atoms with Gasteiger partial charge in [0.25, 0.3) is 0 Å². The molecule has 0 spiro atoms. The molecule has 5 nitrogen and oxygen atoms in total. The SMILES string of the molecule is CC(C)(C)OC(=O)Cc1cn(C(=O)OC(C)(C)C)c2ccc(Br)cc12. The predicted octanol–water partition coefficient (Wildman–Crippen LogP) is 5.07. The molecular weight excluding hydrogens is 386 g/mol. The molecule has 0 bridgehead atoms. The molecule has 6 heteroatoms. The minimum atomic E-state index is -0.603. The van der Waals surface area contributed by atoms with Gasteiger partial charge >= 0.3 is 12.1 Å². The maximum atomic E-state index is 12.5. The van der Waals surface area contributed by atoms with Crippen LogP contribution in [0.3, 0.4) is 0 Å². The molecule has 0 radical (unpaired) electrons. The molecule has 0 saturated carbocycles. The normalized spacial score (nSPS) is 12.3. The van der Waals surface area contributed by atoms with Crippen LogP contribution in [0.2, 0.25) is 0 Å². The zero-order valence-electron chi connectivity index (χ0n) is 15.5. The minimum Gasteiger partial charge on any atom is -0.460 e. The highest BCUT2D eigenvalue weighted by atomic mass is 79.9. The molecule has 0 fully saturated rings. The summed E-state index contributed by atoms with van der Waals surface area (Å²) in [7, 11) is 0. The van der Waals surface area contributed by atoms with Crippen molar-refractivity contribution in [3.63, 3.8) is 0 Å². The molecule has 25 heavy (non-hydrogen) atoms. The van der Waals surface area contributed by atoms with Gasteiger partial charge in [-0.3, -0.25) is 9.36 Å². The lowest BCUT2D eigenvalue weighted by Crippen LogP contribution is -2.26. The zero-order chi connectivity index (χ0) is 19.0. The summed E-state index contributed by atoms with van der Waals surface area (Å²) in [4.78, 5) is 24.7. The molecule has 0 amide bonds. The summed E-state index contributed by atoms with van der Waals surface area (Å²) < 4.78 is 13.2. The first-order valence-electron chi connectivity index (χ1n) is 8.10. The van der Waals surface area contributed by atoms with Crippen LogP contribution in [-0.4, -0.2) is 27.8 Å². The van der Waals surface area contributed by atoms with Crippen molar-refractivity contribution in [2.45, 2.75) is 59.2 Å². The Morgan fingerprint density at radius 3 is 2.20 bits per heavy atom. The van der Waals surface area contributed by atoms with Crippen LogP contribution < -0.4 is 0 Å². The zero-order valence-corrected chi connectivity index (χ0v) is 17.1. The fraction of sp³-hybridized carbons (Fsp3) is 0.474. The van der Waals surface area contributed by atoms with Gasteiger partial charge in [-0.1, -0.05) is 15.9 Å². The van der Waals surface area contributed by atoms with Crippen LogP contribution in [0.5, 0.6) is 0 Å². The third-order valence-electron chi connectivity index (χ3n) is 3.19. The number of fused-ring (bicyclic) bond motifs is 1. The van der Waals surface area contributed by atoms with E-state index in [1.54, 1.807) is 6.20 Å². The van der Waals surface area contributed by atoms with Crippen molar-refractivity contribution in [3.8, 4) is 0 Å². The van der Waals surface area contributed by atoms with E-state index in [0.717, 1.165) is 15.4 Å². The summed E-state index contributed by atoms with van der Waals surface area (Å²) in [5.74, 6) is -0.337. The van der Waals surface area contributed by atoms with E-state index in [-0.39, 0.29) is 12.4 Å². The van der Waals surface area contributed by atoms with Crippen molar-refractivity contribution in [3.05, 3.63) is 34.4 Å². The average molecular weight is 410 g/mol. The highest BCUT2D eigenvalue weighted by Gasteiger charge is 2.23. The maximum absolute atomic E-state index is 12.5.